The van der Waals surface area contributed by atoms with Gasteiger partial charge in [-0.05, 0) is 18.2 Å². The van der Waals surface area contributed by atoms with Crippen LogP contribution in [0.3, 0.4) is 0 Å². The van der Waals surface area contributed by atoms with Crippen LogP contribution in [0.15, 0.2) is 31.0 Å². The van der Waals surface area contributed by atoms with Crippen molar-refractivity contribution in [1.29, 1.82) is 0 Å². The van der Waals surface area contributed by atoms with E-state index in [1.807, 2.05) is 0 Å². The SMILES string of the molecule is C=CC(=O)N1CC(NC(=O)Cn2cc(C=O)c3cc(Cl)cc(Cl)c32)C1. The molecule has 1 aliphatic rings. The maximum atomic E-state index is 12.3. The Morgan fingerprint density at radius 2 is 2.04 bits per heavy atom. The van der Waals surface area contributed by atoms with Gasteiger partial charge in [0.1, 0.15) is 6.54 Å². The van der Waals surface area contributed by atoms with Crippen LogP contribution in [0.25, 0.3) is 10.9 Å². The number of hydrogen-bond donors (Lipinski definition) is 1. The van der Waals surface area contributed by atoms with Gasteiger partial charge in [0, 0.05) is 35.3 Å². The number of halogens is 2. The van der Waals surface area contributed by atoms with Crippen LogP contribution < -0.4 is 5.32 Å². The normalized spacial score (nSPS) is 14.2. The molecule has 1 fully saturated rings. The molecule has 0 atom stereocenters. The van der Waals surface area contributed by atoms with Crippen molar-refractivity contribution < 1.29 is 14.4 Å². The Hall–Kier alpha value is -2.31. The summed E-state index contributed by atoms with van der Waals surface area (Å²) in [4.78, 5) is 36.5. The molecule has 0 saturated carbocycles. The zero-order chi connectivity index (χ0) is 18.1. The number of aromatic nitrogens is 1. The number of nitrogens with one attached hydrogen (secondary N) is 1. The predicted octanol–water partition coefficient (Wildman–Crippen LogP) is 2.27. The second-order valence-corrected chi connectivity index (χ2v) is 6.67. The summed E-state index contributed by atoms with van der Waals surface area (Å²) in [6, 6.07) is 3.12. The fourth-order valence-corrected chi connectivity index (χ4v) is 3.51. The minimum Gasteiger partial charge on any atom is -0.348 e. The fraction of sp³-hybridized carbons (Fsp3) is 0.235. The second-order valence-electron chi connectivity index (χ2n) is 5.83. The summed E-state index contributed by atoms with van der Waals surface area (Å²) < 4.78 is 1.62. The molecule has 2 aromatic rings. The van der Waals surface area contributed by atoms with Crippen LogP contribution in [0.4, 0.5) is 0 Å². The van der Waals surface area contributed by atoms with Crippen LogP contribution in [-0.2, 0) is 16.1 Å². The molecule has 2 amide bonds. The molecule has 1 N–H and O–H groups in total. The molecule has 25 heavy (non-hydrogen) atoms. The van der Waals surface area contributed by atoms with Gasteiger partial charge in [0.25, 0.3) is 0 Å². The molecule has 130 valence electrons. The Labute approximate surface area is 154 Å². The smallest absolute Gasteiger partial charge is 0.246 e. The van der Waals surface area contributed by atoms with Crippen molar-refractivity contribution in [2.75, 3.05) is 13.1 Å². The van der Waals surface area contributed by atoms with Gasteiger partial charge in [-0.15, -0.1) is 0 Å². The standard InChI is InChI=1S/C17H15Cl2N3O3/c1-2-16(25)21-6-12(7-21)20-15(24)8-22-5-10(9-23)13-3-11(18)4-14(19)17(13)22/h2-5,9,12H,1,6-8H2,(H,20,24). The van der Waals surface area contributed by atoms with Crippen molar-refractivity contribution in [3.8, 4) is 0 Å². The number of fused-ring (bicyclic) bond motifs is 1. The number of rotatable bonds is 5. The average Bonchev–Trinajstić information content (AvgIpc) is 2.87. The number of carbonyl (C=O) groups is 3. The summed E-state index contributed by atoms with van der Waals surface area (Å²) in [5, 5.41) is 4.25. The molecule has 0 spiro atoms. The van der Waals surface area contributed by atoms with Crippen LogP contribution in [0.5, 0.6) is 0 Å². The van der Waals surface area contributed by atoms with Crippen LogP contribution >= 0.6 is 23.2 Å². The Kier molecular flexibility index (Phi) is 4.83. The van der Waals surface area contributed by atoms with E-state index in [0.717, 1.165) is 0 Å². The zero-order valence-electron chi connectivity index (χ0n) is 13.2. The molecule has 6 nitrogen and oxygen atoms in total. The molecule has 0 bridgehead atoms. The van der Waals surface area contributed by atoms with Crippen molar-refractivity contribution in [2.45, 2.75) is 12.6 Å². The molecular formula is C17H15Cl2N3O3. The van der Waals surface area contributed by atoms with Gasteiger partial charge in [-0.2, -0.15) is 0 Å². The van der Waals surface area contributed by atoms with Crippen LogP contribution in [0.2, 0.25) is 10.0 Å². The fourth-order valence-electron chi connectivity index (χ4n) is 2.91. The van der Waals surface area contributed by atoms with Gasteiger partial charge < -0.3 is 14.8 Å². The third-order valence-corrected chi connectivity index (χ3v) is 4.60. The molecule has 1 saturated heterocycles. The Bertz CT molecular complexity index is 885. The lowest BCUT2D eigenvalue weighted by Gasteiger charge is -2.38. The maximum absolute atomic E-state index is 12.3. The molecule has 1 aromatic carbocycles. The second kappa shape index (κ2) is 6.90. The minimum absolute atomic E-state index is 0.0115. The minimum atomic E-state index is -0.226. The van der Waals surface area contributed by atoms with E-state index in [2.05, 4.69) is 11.9 Å². The van der Waals surface area contributed by atoms with Gasteiger partial charge in [0.05, 0.1) is 16.6 Å². The Balaban J connectivity index is 1.73. The molecule has 1 aliphatic heterocycles. The van der Waals surface area contributed by atoms with E-state index in [-0.39, 0.29) is 24.4 Å². The Morgan fingerprint density at radius 3 is 2.68 bits per heavy atom. The van der Waals surface area contributed by atoms with E-state index in [0.29, 0.717) is 45.9 Å². The van der Waals surface area contributed by atoms with Crippen LogP contribution in [0, 0.1) is 0 Å². The maximum Gasteiger partial charge on any atom is 0.246 e. The monoisotopic (exact) mass is 379 g/mol. The van der Waals surface area contributed by atoms with E-state index in [9.17, 15) is 14.4 Å². The number of likely N-dealkylation sites (tertiary alicyclic amines) is 1. The van der Waals surface area contributed by atoms with Crippen LogP contribution in [-0.4, -0.2) is 46.7 Å². The highest BCUT2D eigenvalue weighted by Gasteiger charge is 2.30. The largest absolute Gasteiger partial charge is 0.348 e. The van der Waals surface area contributed by atoms with Crippen LogP contribution in [0.1, 0.15) is 10.4 Å². The highest BCUT2D eigenvalue weighted by molar-refractivity contribution is 6.38. The first kappa shape index (κ1) is 17.5. The van der Waals surface area contributed by atoms with E-state index < -0.39 is 0 Å². The molecule has 0 unspecified atom stereocenters. The Morgan fingerprint density at radius 1 is 1.32 bits per heavy atom. The number of amides is 2. The van der Waals surface area contributed by atoms with E-state index in [1.54, 1.807) is 27.8 Å². The first-order valence-electron chi connectivity index (χ1n) is 7.56. The predicted molar refractivity (Wildman–Crippen MR) is 96.1 cm³/mol. The van der Waals surface area contributed by atoms with Gasteiger partial charge >= 0.3 is 0 Å². The molecular weight excluding hydrogens is 365 g/mol. The lowest BCUT2D eigenvalue weighted by atomic mass is 10.1. The lowest BCUT2D eigenvalue weighted by Crippen LogP contribution is -2.61. The summed E-state index contributed by atoms with van der Waals surface area (Å²) in [6.45, 7) is 4.35. The summed E-state index contributed by atoms with van der Waals surface area (Å²) in [5.74, 6) is -0.378. The highest BCUT2D eigenvalue weighted by atomic mass is 35.5. The topological polar surface area (TPSA) is 71.4 Å². The van der Waals surface area contributed by atoms with Gasteiger partial charge in [0.2, 0.25) is 11.8 Å². The summed E-state index contributed by atoms with van der Waals surface area (Å²) in [5.41, 5.74) is 0.999. The molecule has 3 rings (SSSR count). The van der Waals surface area contributed by atoms with Gasteiger partial charge in [-0.1, -0.05) is 29.8 Å². The quantitative estimate of drug-likeness (QED) is 0.639. The third-order valence-electron chi connectivity index (χ3n) is 4.10. The molecule has 0 aliphatic carbocycles. The molecule has 8 heteroatoms. The van der Waals surface area contributed by atoms with Crippen molar-refractivity contribution >= 4 is 52.2 Å². The highest BCUT2D eigenvalue weighted by Crippen LogP contribution is 2.31. The molecule has 2 heterocycles. The molecule has 1 aromatic heterocycles. The summed E-state index contributed by atoms with van der Waals surface area (Å²) >= 11 is 12.2. The number of hydrogen-bond acceptors (Lipinski definition) is 3. The van der Waals surface area contributed by atoms with Gasteiger partial charge in [-0.25, -0.2) is 0 Å². The number of nitrogens with zero attached hydrogens (tertiary/aromatic N) is 2. The van der Waals surface area contributed by atoms with Crippen molar-refractivity contribution in [3.05, 3.63) is 46.6 Å². The summed E-state index contributed by atoms with van der Waals surface area (Å²) in [7, 11) is 0. The average molecular weight is 380 g/mol. The lowest BCUT2D eigenvalue weighted by molar-refractivity contribution is -0.133. The van der Waals surface area contributed by atoms with E-state index >= 15 is 0 Å². The van der Waals surface area contributed by atoms with E-state index in [4.69, 9.17) is 23.2 Å². The number of aldehydes is 1. The number of benzene rings is 1. The first-order valence-corrected chi connectivity index (χ1v) is 8.32. The van der Waals surface area contributed by atoms with Crippen molar-refractivity contribution in [3.63, 3.8) is 0 Å². The van der Waals surface area contributed by atoms with Gasteiger partial charge in [0.15, 0.2) is 6.29 Å². The van der Waals surface area contributed by atoms with E-state index in [1.165, 1.54) is 6.08 Å². The van der Waals surface area contributed by atoms with Crippen molar-refractivity contribution in [1.82, 2.24) is 14.8 Å². The van der Waals surface area contributed by atoms with Gasteiger partial charge in [-0.3, -0.25) is 14.4 Å². The third kappa shape index (κ3) is 3.41. The first-order chi connectivity index (χ1) is 11.9. The van der Waals surface area contributed by atoms with Crippen molar-refractivity contribution in [2.24, 2.45) is 0 Å². The zero-order valence-corrected chi connectivity index (χ0v) is 14.7. The molecule has 0 radical (unpaired) electrons. The summed E-state index contributed by atoms with van der Waals surface area (Å²) in [6.07, 6.45) is 3.53. The number of carbonyl (C=O) groups excluding carboxylic acids is 3.